The Morgan fingerprint density at radius 2 is 1.74 bits per heavy atom. The van der Waals surface area contributed by atoms with Gasteiger partial charge in [-0.05, 0) is 37.5 Å². The predicted octanol–water partition coefficient (Wildman–Crippen LogP) is 4.60. The number of nitrogens with one attached hydrogen (secondary N) is 1. The van der Waals surface area contributed by atoms with Crippen molar-refractivity contribution in [3.05, 3.63) is 34.3 Å². The summed E-state index contributed by atoms with van der Waals surface area (Å²) < 4.78 is 1.07. The number of halogens is 1. The van der Waals surface area contributed by atoms with Crippen LogP contribution in [0.5, 0.6) is 0 Å². The molecule has 0 spiro atoms. The number of carbonyl (C=O) groups is 1. The third-order valence-corrected chi connectivity index (χ3v) is 4.48. The van der Waals surface area contributed by atoms with Crippen LogP contribution in [-0.2, 0) is 4.79 Å². The van der Waals surface area contributed by atoms with E-state index in [1.54, 1.807) is 0 Å². The van der Waals surface area contributed by atoms with Gasteiger partial charge in [0.05, 0.1) is 6.04 Å². The van der Waals surface area contributed by atoms with Crippen LogP contribution in [0.3, 0.4) is 0 Å². The molecule has 2 nitrogen and oxygen atoms in total. The minimum absolute atomic E-state index is 0.0869. The first-order valence-corrected chi connectivity index (χ1v) is 8.02. The molecule has 1 saturated carbocycles. The summed E-state index contributed by atoms with van der Waals surface area (Å²) in [6.45, 7) is 2.05. The Hall–Kier alpha value is -0.830. The van der Waals surface area contributed by atoms with Crippen LogP contribution in [0, 0.1) is 5.92 Å². The van der Waals surface area contributed by atoms with E-state index >= 15 is 0 Å². The van der Waals surface area contributed by atoms with E-state index in [2.05, 4.69) is 40.3 Å². The van der Waals surface area contributed by atoms with Crippen LogP contribution in [0.2, 0.25) is 0 Å². The van der Waals surface area contributed by atoms with Crippen LogP contribution in [0.15, 0.2) is 28.7 Å². The topological polar surface area (TPSA) is 29.1 Å². The second-order valence-electron chi connectivity index (χ2n) is 5.47. The summed E-state index contributed by atoms with van der Waals surface area (Å²) in [6, 6.07) is 8.24. The van der Waals surface area contributed by atoms with Crippen molar-refractivity contribution in [3.8, 4) is 0 Å². The molecule has 0 saturated heterocycles. The van der Waals surface area contributed by atoms with Crippen LogP contribution >= 0.6 is 15.9 Å². The summed E-state index contributed by atoms with van der Waals surface area (Å²) in [7, 11) is 0. The fourth-order valence-electron chi connectivity index (χ4n) is 2.71. The molecule has 1 aliphatic rings. The predicted molar refractivity (Wildman–Crippen MR) is 81.9 cm³/mol. The highest BCUT2D eigenvalue weighted by Gasteiger charge is 2.21. The fraction of sp³-hybridized carbons (Fsp3) is 0.562. The highest BCUT2D eigenvalue weighted by molar-refractivity contribution is 9.10. The maximum Gasteiger partial charge on any atom is 0.223 e. The SMILES string of the molecule is CC(NC(=O)C1CCCCCC1)c1ccc(Br)cc1. The molecule has 104 valence electrons. The van der Waals surface area contributed by atoms with Gasteiger partial charge in [0, 0.05) is 10.4 Å². The van der Waals surface area contributed by atoms with Gasteiger partial charge in [-0.1, -0.05) is 53.7 Å². The molecule has 1 amide bonds. The number of carbonyl (C=O) groups excluding carboxylic acids is 1. The van der Waals surface area contributed by atoms with Gasteiger partial charge >= 0.3 is 0 Å². The van der Waals surface area contributed by atoms with Gasteiger partial charge in [-0.2, -0.15) is 0 Å². The van der Waals surface area contributed by atoms with E-state index < -0.39 is 0 Å². The molecule has 2 rings (SSSR count). The van der Waals surface area contributed by atoms with Gasteiger partial charge < -0.3 is 5.32 Å². The summed E-state index contributed by atoms with van der Waals surface area (Å²) in [5.74, 6) is 0.456. The van der Waals surface area contributed by atoms with Crippen molar-refractivity contribution < 1.29 is 4.79 Å². The van der Waals surface area contributed by atoms with Crippen LogP contribution in [0.1, 0.15) is 57.1 Å². The molecule has 0 bridgehead atoms. The van der Waals surface area contributed by atoms with Gasteiger partial charge in [0.2, 0.25) is 5.91 Å². The number of hydrogen-bond donors (Lipinski definition) is 1. The lowest BCUT2D eigenvalue weighted by atomic mass is 9.98. The molecule has 1 atom stereocenters. The van der Waals surface area contributed by atoms with Gasteiger partial charge in [0.1, 0.15) is 0 Å². The lowest BCUT2D eigenvalue weighted by molar-refractivity contribution is -0.126. The number of rotatable bonds is 3. The van der Waals surface area contributed by atoms with Crippen molar-refractivity contribution in [3.63, 3.8) is 0 Å². The largest absolute Gasteiger partial charge is 0.349 e. The Labute approximate surface area is 124 Å². The highest BCUT2D eigenvalue weighted by atomic mass is 79.9. The molecule has 0 aliphatic heterocycles. The zero-order valence-electron chi connectivity index (χ0n) is 11.5. The summed E-state index contributed by atoms with van der Waals surface area (Å²) >= 11 is 3.43. The van der Waals surface area contributed by atoms with E-state index in [1.165, 1.54) is 25.7 Å². The van der Waals surface area contributed by atoms with Crippen LogP contribution in [0.25, 0.3) is 0 Å². The third-order valence-electron chi connectivity index (χ3n) is 3.95. The standard InChI is InChI=1S/C16H22BrNO/c1-12(13-8-10-15(17)11-9-13)18-16(19)14-6-4-2-3-5-7-14/h8-12,14H,2-7H2,1H3,(H,18,19). The summed E-state index contributed by atoms with van der Waals surface area (Å²) in [6.07, 6.45) is 7.07. The number of benzene rings is 1. The van der Waals surface area contributed by atoms with Crippen LogP contribution in [0.4, 0.5) is 0 Å². The maximum absolute atomic E-state index is 12.3. The molecule has 1 aromatic rings. The molecule has 1 aliphatic carbocycles. The first kappa shape index (κ1) is 14.6. The average Bonchev–Trinajstić information content (AvgIpc) is 2.68. The van der Waals surface area contributed by atoms with Crippen LogP contribution in [-0.4, -0.2) is 5.91 Å². The fourth-order valence-corrected chi connectivity index (χ4v) is 2.97. The Balaban J connectivity index is 1.92. The molecular weight excluding hydrogens is 302 g/mol. The Morgan fingerprint density at radius 3 is 2.32 bits per heavy atom. The molecule has 19 heavy (non-hydrogen) atoms. The highest BCUT2D eigenvalue weighted by Crippen LogP contribution is 2.24. The van der Waals surface area contributed by atoms with Crippen molar-refractivity contribution in [2.24, 2.45) is 5.92 Å². The van der Waals surface area contributed by atoms with E-state index in [4.69, 9.17) is 0 Å². The van der Waals surface area contributed by atoms with E-state index in [0.717, 1.165) is 22.9 Å². The molecule has 1 fully saturated rings. The van der Waals surface area contributed by atoms with Crippen LogP contribution < -0.4 is 5.32 Å². The van der Waals surface area contributed by atoms with E-state index in [1.807, 2.05) is 12.1 Å². The maximum atomic E-state index is 12.3. The zero-order chi connectivity index (χ0) is 13.7. The first-order valence-electron chi connectivity index (χ1n) is 7.22. The normalized spacial score (nSPS) is 18.6. The second-order valence-corrected chi connectivity index (χ2v) is 6.39. The van der Waals surface area contributed by atoms with Crippen molar-refractivity contribution in [1.82, 2.24) is 5.32 Å². The molecule has 1 unspecified atom stereocenters. The van der Waals surface area contributed by atoms with E-state index in [0.29, 0.717) is 0 Å². The Bertz CT molecular complexity index is 407. The molecule has 3 heteroatoms. The Kier molecular flexibility index (Phi) is 5.44. The molecule has 1 N–H and O–H groups in total. The number of amides is 1. The monoisotopic (exact) mass is 323 g/mol. The lowest BCUT2D eigenvalue weighted by Crippen LogP contribution is -2.32. The molecule has 0 radical (unpaired) electrons. The van der Waals surface area contributed by atoms with Gasteiger partial charge in [-0.3, -0.25) is 4.79 Å². The third kappa shape index (κ3) is 4.34. The van der Waals surface area contributed by atoms with Gasteiger partial charge in [0.25, 0.3) is 0 Å². The minimum atomic E-state index is 0.0869. The van der Waals surface area contributed by atoms with E-state index in [-0.39, 0.29) is 17.9 Å². The van der Waals surface area contributed by atoms with Crippen molar-refractivity contribution >= 4 is 21.8 Å². The smallest absolute Gasteiger partial charge is 0.223 e. The molecule has 0 aromatic heterocycles. The molecule has 0 heterocycles. The summed E-state index contributed by atoms with van der Waals surface area (Å²) in [5.41, 5.74) is 1.16. The summed E-state index contributed by atoms with van der Waals surface area (Å²) in [5, 5.41) is 3.16. The quantitative estimate of drug-likeness (QED) is 0.809. The van der Waals surface area contributed by atoms with Gasteiger partial charge in [0.15, 0.2) is 0 Å². The zero-order valence-corrected chi connectivity index (χ0v) is 13.1. The molecule has 1 aromatic carbocycles. The number of hydrogen-bond acceptors (Lipinski definition) is 1. The summed E-state index contributed by atoms with van der Waals surface area (Å²) in [4.78, 5) is 12.3. The average molecular weight is 324 g/mol. The second kappa shape index (κ2) is 7.09. The van der Waals surface area contributed by atoms with Crippen molar-refractivity contribution in [2.75, 3.05) is 0 Å². The minimum Gasteiger partial charge on any atom is -0.349 e. The van der Waals surface area contributed by atoms with Crippen molar-refractivity contribution in [1.29, 1.82) is 0 Å². The van der Waals surface area contributed by atoms with Gasteiger partial charge in [-0.15, -0.1) is 0 Å². The lowest BCUT2D eigenvalue weighted by Gasteiger charge is -2.19. The first-order chi connectivity index (χ1) is 9.16. The van der Waals surface area contributed by atoms with E-state index in [9.17, 15) is 4.79 Å². The van der Waals surface area contributed by atoms with Gasteiger partial charge in [-0.25, -0.2) is 0 Å². The van der Waals surface area contributed by atoms with Crippen molar-refractivity contribution in [2.45, 2.75) is 51.5 Å². The molecular formula is C16H22BrNO. The Morgan fingerprint density at radius 1 is 1.16 bits per heavy atom.